The Hall–Kier alpha value is -3.26. The summed E-state index contributed by atoms with van der Waals surface area (Å²) in [5.41, 5.74) is 8.54. The molecule has 7 nitrogen and oxygen atoms in total. The van der Waals surface area contributed by atoms with Crippen LogP contribution in [0.2, 0.25) is 0 Å². The normalized spacial score (nSPS) is 14.1. The number of ether oxygens (including phenoxy) is 2. The number of rotatable bonds is 15. The number of benzene rings is 2. The Morgan fingerprint density at radius 3 is 2.24 bits per heavy atom. The van der Waals surface area contributed by atoms with Crippen molar-refractivity contribution in [2.24, 2.45) is 16.8 Å². The largest absolute Gasteiger partial charge is 0.494 e. The molecule has 204 valence electrons. The molecule has 1 aliphatic carbocycles. The zero-order chi connectivity index (χ0) is 26.6. The van der Waals surface area contributed by atoms with Crippen molar-refractivity contribution in [2.75, 3.05) is 25.1 Å². The molecule has 38 heavy (non-hydrogen) atoms. The van der Waals surface area contributed by atoms with Crippen LogP contribution in [0, 0.1) is 5.92 Å². The van der Waals surface area contributed by atoms with Crippen molar-refractivity contribution in [1.29, 1.82) is 0 Å². The van der Waals surface area contributed by atoms with Gasteiger partial charge >= 0.3 is 0 Å². The number of amidine groups is 1. The summed E-state index contributed by atoms with van der Waals surface area (Å²) in [6.07, 6.45) is 10.6. The van der Waals surface area contributed by atoms with E-state index < -0.39 is 0 Å². The molecule has 1 aromatic heterocycles. The third-order valence-corrected chi connectivity index (χ3v) is 7.92. The molecule has 0 bridgehead atoms. The van der Waals surface area contributed by atoms with Gasteiger partial charge in [0.25, 0.3) is 0 Å². The van der Waals surface area contributed by atoms with E-state index in [0.717, 1.165) is 66.9 Å². The molecule has 1 heterocycles. The number of aromatic nitrogens is 1. The lowest BCUT2D eigenvalue weighted by Gasteiger charge is -2.10. The number of thiazole rings is 1. The molecule has 0 radical (unpaired) electrons. The minimum atomic E-state index is 0.0900. The fourth-order valence-corrected chi connectivity index (χ4v) is 5.87. The van der Waals surface area contributed by atoms with Gasteiger partial charge in [-0.1, -0.05) is 37.8 Å². The van der Waals surface area contributed by atoms with Crippen LogP contribution in [0.5, 0.6) is 11.5 Å². The molecule has 0 saturated heterocycles. The SMILES string of the molecule is CCCNc1nc(-c2ccc(OCCCCCOc3ccc(C(N)=NO)cc3)cc2)c(CC2CCCC2)s1. The fourth-order valence-electron chi connectivity index (χ4n) is 4.75. The molecule has 8 heteroatoms. The van der Waals surface area contributed by atoms with Crippen molar-refractivity contribution >= 4 is 22.3 Å². The monoisotopic (exact) mass is 536 g/mol. The van der Waals surface area contributed by atoms with Crippen LogP contribution in [-0.4, -0.2) is 35.8 Å². The van der Waals surface area contributed by atoms with Crippen LogP contribution in [0.4, 0.5) is 5.13 Å². The van der Waals surface area contributed by atoms with Crippen LogP contribution in [-0.2, 0) is 6.42 Å². The Bertz CT molecular complexity index is 1140. The molecule has 0 amide bonds. The zero-order valence-electron chi connectivity index (χ0n) is 22.3. The first-order chi connectivity index (χ1) is 18.7. The van der Waals surface area contributed by atoms with Crippen molar-refractivity contribution in [3.63, 3.8) is 0 Å². The van der Waals surface area contributed by atoms with Gasteiger partial charge in [0.05, 0.1) is 18.9 Å². The van der Waals surface area contributed by atoms with Crippen molar-refractivity contribution in [1.82, 2.24) is 4.98 Å². The first-order valence-corrected chi connectivity index (χ1v) is 14.7. The van der Waals surface area contributed by atoms with Gasteiger partial charge in [0, 0.05) is 22.5 Å². The van der Waals surface area contributed by atoms with E-state index in [2.05, 4.69) is 41.7 Å². The van der Waals surface area contributed by atoms with E-state index in [9.17, 15) is 0 Å². The molecule has 0 aliphatic heterocycles. The topological polar surface area (TPSA) is 102 Å². The lowest BCUT2D eigenvalue weighted by atomic mass is 10.0. The summed E-state index contributed by atoms with van der Waals surface area (Å²) in [6.45, 7) is 4.46. The van der Waals surface area contributed by atoms with Crippen LogP contribution in [0.1, 0.15) is 68.7 Å². The van der Waals surface area contributed by atoms with Gasteiger partial charge in [-0.05, 0) is 86.6 Å². The molecule has 0 spiro atoms. The molecule has 1 saturated carbocycles. The van der Waals surface area contributed by atoms with E-state index in [1.54, 1.807) is 12.1 Å². The van der Waals surface area contributed by atoms with Crippen molar-refractivity contribution in [2.45, 2.75) is 64.7 Å². The number of anilines is 1. The van der Waals surface area contributed by atoms with Crippen molar-refractivity contribution in [3.8, 4) is 22.8 Å². The number of nitrogens with two attached hydrogens (primary N) is 1. The minimum Gasteiger partial charge on any atom is -0.494 e. The van der Waals surface area contributed by atoms with Crippen LogP contribution in [0.25, 0.3) is 11.3 Å². The summed E-state index contributed by atoms with van der Waals surface area (Å²) < 4.78 is 11.8. The first kappa shape index (κ1) is 27.8. The van der Waals surface area contributed by atoms with Gasteiger partial charge in [-0.2, -0.15) is 0 Å². The van der Waals surface area contributed by atoms with Gasteiger partial charge < -0.3 is 25.7 Å². The van der Waals surface area contributed by atoms with Crippen LogP contribution in [0.15, 0.2) is 53.7 Å². The van der Waals surface area contributed by atoms with Gasteiger partial charge in [-0.25, -0.2) is 4.98 Å². The number of unbranched alkanes of at least 4 members (excludes halogenated alkanes) is 2. The quantitative estimate of drug-likeness (QED) is 0.0630. The molecular formula is C30H40N4O3S. The first-order valence-electron chi connectivity index (χ1n) is 13.8. The van der Waals surface area contributed by atoms with Gasteiger partial charge in [-0.3, -0.25) is 0 Å². The minimum absolute atomic E-state index is 0.0900. The zero-order valence-corrected chi connectivity index (χ0v) is 23.1. The third kappa shape index (κ3) is 8.12. The Morgan fingerprint density at radius 1 is 1.00 bits per heavy atom. The predicted molar refractivity (Wildman–Crippen MR) is 156 cm³/mol. The smallest absolute Gasteiger partial charge is 0.183 e. The number of nitrogens with zero attached hydrogens (tertiary/aromatic N) is 2. The maximum atomic E-state index is 8.73. The summed E-state index contributed by atoms with van der Waals surface area (Å²) in [6, 6.07) is 15.6. The highest BCUT2D eigenvalue weighted by Crippen LogP contribution is 2.37. The molecule has 0 atom stereocenters. The Morgan fingerprint density at radius 2 is 1.63 bits per heavy atom. The second kappa shape index (κ2) is 14.6. The molecule has 1 fully saturated rings. The average Bonchev–Trinajstić information content (AvgIpc) is 3.62. The molecular weight excluding hydrogens is 496 g/mol. The van der Waals surface area contributed by atoms with Gasteiger partial charge in [0.1, 0.15) is 11.5 Å². The second-order valence-corrected chi connectivity index (χ2v) is 10.9. The van der Waals surface area contributed by atoms with E-state index in [4.69, 9.17) is 25.4 Å². The highest BCUT2D eigenvalue weighted by Gasteiger charge is 2.20. The van der Waals surface area contributed by atoms with Crippen LogP contribution >= 0.6 is 11.3 Å². The van der Waals surface area contributed by atoms with Crippen molar-refractivity contribution in [3.05, 3.63) is 59.0 Å². The molecule has 1 aliphatic rings. The van der Waals surface area contributed by atoms with Gasteiger partial charge in [0.2, 0.25) is 0 Å². The third-order valence-electron chi connectivity index (χ3n) is 6.88. The highest BCUT2D eigenvalue weighted by molar-refractivity contribution is 7.16. The summed E-state index contributed by atoms with van der Waals surface area (Å²) in [5, 5.41) is 16.3. The van der Waals surface area contributed by atoms with E-state index in [1.807, 2.05) is 23.5 Å². The van der Waals surface area contributed by atoms with Crippen LogP contribution < -0.4 is 20.5 Å². The summed E-state index contributed by atoms with van der Waals surface area (Å²) in [7, 11) is 0. The summed E-state index contributed by atoms with van der Waals surface area (Å²) in [4.78, 5) is 6.37. The highest BCUT2D eigenvalue weighted by atomic mass is 32.1. The Balaban J connectivity index is 1.20. The predicted octanol–water partition coefficient (Wildman–Crippen LogP) is 7.09. The standard InChI is InChI=1S/C30H40N4O3S/c1-2-18-32-30-33-28(27(38-30)21-22-8-4-5-9-22)23-10-14-25(15-11-23)36-19-6-3-7-20-37-26-16-12-24(13-17-26)29(31)34-35/h10-17,22,35H,2-9,18-21H2,1H3,(H2,31,34)(H,32,33). The fraction of sp³-hybridized carbons (Fsp3) is 0.467. The van der Waals surface area contributed by atoms with E-state index in [0.29, 0.717) is 18.8 Å². The summed E-state index contributed by atoms with van der Waals surface area (Å²) >= 11 is 1.83. The molecule has 0 unspecified atom stereocenters. The molecule has 2 aromatic carbocycles. The molecule has 4 rings (SSSR count). The van der Waals surface area contributed by atoms with E-state index >= 15 is 0 Å². The van der Waals surface area contributed by atoms with Crippen molar-refractivity contribution < 1.29 is 14.7 Å². The average molecular weight is 537 g/mol. The Kier molecular flexibility index (Phi) is 10.7. The Labute approximate surface area is 230 Å². The lowest BCUT2D eigenvalue weighted by molar-refractivity contribution is 0.279. The lowest BCUT2D eigenvalue weighted by Crippen LogP contribution is -2.12. The van der Waals surface area contributed by atoms with Gasteiger partial charge in [0.15, 0.2) is 11.0 Å². The summed E-state index contributed by atoms with van der Waals surface area (Å²) in [5.74, 6) is 2.56. The number of hydrogen-bond donors (Lipinski definition) is 3. The van der Waals surface area contributed by atoms with E-state index in [1.165, 1.54) is 36.1 Å². The number of oxime groups is 1. The second-order valence-electron chi connectivity index (χ2n) is 9.86. The molecule has 4 N–H and O–H groups in total. The van der Waals surface area contributed by atoms with E-state index in [-0.39, 0.29) is 5.84 Å². The van der Waals surface area contributed by atoms with Crippen LogP contribution in [0.3, 0.4) is 0 Å². The number of hydrogen-bond acceptors (Lipinski definition) is 7. The molecule has 3 aromatic rings. The van der Waals surface area contributed by atoms with Gasteiger partial charge in [-0.15, -0.1) is 11.3 Å². The number of nitrogens with one attached hydrogen (secondary N) is 1. The maximum Gasteiger partial charge on any atom is 0.183 e. The maximum absolute atomic E-state index is 8.73.